The van der Waals surface area contributed by atoms with E-state index in [-0.39, 0.29) is 5.41 Å². The zero-order valence-electron chi connectivity index (χ0n) is 16.7. The molecule has 4 nitrogen and oxygen atoms in total. The van der Waals surface area contributed by atoms with Gasteiger partial charge in [-0.15, -0.1) is 0 Å². The van der Waals surface area contributed by atoms with Gasteiger partial charge in [-0.05, 0) is 42.0 Å². The van der Waals surface area contributed by atoms with Crippen molar-refractivity contribution in [2.45, 2.75) is 52.0 Å². The van der Waals surface area contributed by atoms with Gasteiger partial charge in [0.1, 0.15) is 5.65 Å². The van der Waals surface area contributed by atoms with Gasteiger partial charge in [-0.25, -0.2) is 4.98 Å². The van der Waals surface area contributed by atoms with Crippen LogP contribution in [0.3, 0.4) is 0 Å². The Bertz CT molecular complexity index is 1030. The number of benzene rings is 1. The molecule has 1 saturated carbocycles. The van der Waals surface area contributed by atoms with Crippen molar-refractivity contribution in [1.29, 1.82) is 5.26 Å². The quantitative estimate of drug-likeness (QED) is 0.563. The Hall–Kier alpha value is -2.29. The van der Waals surface area contributed by atoms with Gasteiger partial charge in [0.05, 0.1) is 17.3 Å². The number of rotatable bonds is 6. The molecule has 0 amide bonds. The maximum atomic E-state index is 9.46. The molecule has 1 aliphatic carbocycles. The van der Waals surface area contributed by atoms with Gasteiger partial charge in [0.25, 0.3) is 0 Å². The molecular formula is C23H26N4S. The summed E-state index contributed by atoms with van der Waals surface area (Å²) in [6, 6.07) is 14.2. The number of hydrogen-bond acceptors (Lipinski definition) is 4. The monoisotopic (exact) mass is 390 g/mol. The van der Waals surface area contributed by atoms with Crippen LogP contribution in [0.5, 0.6) is 0 Å². The van der Waals surface area contributed by atoms with Gasteiger partial charge in [0.15, 0.2) is 0 Å². The Labute approximate surface area is 171 Å². The first-order valence-corrected chi connectivity index (χ1v) is 10.7. The molecular weight excluding hydrogens is 364 g/mol. The highest BCUT2D eigenvalue weighted by Gasteiger charge is 2.22. The molecule has 2 heterocycles. The zero-order chi connectivity index (χ0) is 19.7. The predicted octanol–water partition coefficient (Wildman–Crippen LogP) is 5.52. The number of nitriles is 1. The van der Waals surface area contributed by atoms with Crippen molar-refractivity contribution < 1.29 is 0 Å². The second kappa shape index (κ2) is 7.62. The summed E-state index contributed by atoms with van der Waals surface area (Å²) in [5, 5.41) is 11.4. The summed E-state index contributed by atoms with van der Waals surface area (Å²) in [5.41, 5.74) is 4.82. The van der Waals surface area contributed by atoms with E-state index in [1.807, 2.05) is 42.3 Å². The van der Waals surface area contributed by atoms with Crippen molar-refractivity contribution in [3.63, 3.8) is 0 Å². The maximum Gasteiger partial charge on any atom is 0.140 e. The summed E-state index contributed by atoms with van der Waals surface area (Å²) >= 11 is 1.86. The molecule has 0 atom stereocenters. The van der Waals surface area contributed by atoms with Crippen LogP contribution < -0.4 is 4.72 Å². The van der Waals surface area contributed by atoms with E-state index in [1.165, 1.54) is 23.8 Å². The summed E-state index contributed by atoms with van der Waals surface area (Å²) < 4.78 is 5.80. The van der Waals surface area contributed by atoms with Gasteiger partial charge in [-0.1, -0.05) is 50.9 Å². The molecule has 2 aromatic heterocycles. The Morgan fingerprint density at radius 2 is 2.00 bits per heavy atom. The van der Waals surface area contributed by atoms with Gasteiger partial charge >= 0.3 is 0 Å². The first-order valence-electron chi connectivity index (χ1n) is 9.81. The average molecular weight is 391 g/mol. The lowest BCUT2D eigenvalue weighted by atomic mass is 9.97. The number of hydrogen-bond donors (Lipinski definition) is 1. The highest BCUT2D eigenvalue weighted by Crippen LogP contribution is 2.33. The maximum absolute atomic E-state index is 9.46. The van der Waals surface area contributed by atoms with E-state index >= 15 is 0 Å². The highest BCUT2D eigenvalue weighted by molar-refractivity contribution is 7.98. The van der Waals surface area contributed by atoms with Crippen molar-refractivity contribution in [2.24, 2.45) is 5.41 Å². The first kappa shape index (κ1) is 19.0. The number of aromatic nitrogens is 2. The molecule has 1 aromatic carbocycles. The Kier molecular flexibility index (Phi) is 5.18. The van der Waals surface area contributed by atoms with Gasteiger partial charge in [0.2, 0.25) is 0 Å². The van der Waals surface area contributed by atoms with Crippen molar-refractivity contribution in [2.75, 3.05) is 0 Å². The minimum atomic E-state index is 0.154. The van der Waals surface area contributed by atoms with Crippen molar-refractivity contribution in [3.8, 4) is 17.3 Å². The SMILES string of the molecule is CC(C)(C)Cn1cc(CNSC2CC2)c2ccc(-c3ccccc3C#N)nc21. The van der Waals surface area contributed by atoms with Gasteiger partial charge in [-0.3, -0.25) is 4.72 Å². The highest BCUT2D eigenvalue weighted by atomic mass is 32.2. The topological polar surface area (TPSA) is 53.6 Å². The number of fused-ring (bicyclic) bond motifs is 1. The summed E-state index contributed by atoms with van der Waals surface area (Å²) in [7, 11) is 0. The summed E-state index contributed by atoms with van der Waals surface area (Å²) in [4.78, 5) is 4.99. The molecule has 0 spiro atoms. The van der Waals surface area contributed by atoms with Crippen molar-refractivity contribution >= 4 is 23.0 Å². The molecule has 0 saturated heterocycles. The molecule has 1 aliphatic rings. The van der Waals surface area contributed by atoms with E-state index in [0.717, 1.165) is 35.2 Å². The third kappa shape index (κ3) is 4.24. The number of nitrogens with one attached hydrogen (secondary N) is 1. The lowest BCUT2D eigenvalue weighted by Crippen LogP contribution is -2.15. The number of pyridine rings is 1. The lowest BCUT2D eigenvalue weighted by molar-refractivity contribution is 0.348. The van der Waals surface area contributed by atoms with E-state index < -0.39 is 0 Å². The molecule has 0 unspecified atom stereocenters. The van der Waals surface area contributed by atoms with Crippen LogP contribution >= 0.6 is 11.9 Å². The Morgan fingerprint density at radius 1 is 1.21 bits per heavy atom. The predicted molar refractivity (Wildman–Crippen MR) is 117 cm³/mol. The number of nitrogens with zero attached hydrogens (tertiary/aromatic N) is 3. The van der Waals surface area contributed by atoms with E-state index in [2.05, 4.69) is 48.4 Å². The van der Waals surface area contributed by atoms with Crippen LogP contribution in [-0.4, -0.2) is 14.8 Å². The lowest BCUT2D eigenvalue weighted by Gasteiger charge is -2.19. The molecule has 0 radical (unpaired) electrons. The average Bonchev–Trinajstić information content (AvgIpc) is 3.43. The minimum Gasteiger partial charge on any atom is -0.332 e. The second-order valence-corrected chi connectivity index (χ2v) is 9.90. The van der Waals surface area contributed by atoms with Crippen LogP contribution in [0, 0.1) is 16.7 Å². The molecule has 0 aliphatic heterocycles. The van der Waals surface area contributed by atoms with E-state index in [1.54, 1.807) is 0 Å². The molecule has 0 bridgehead atoms. The van der Waals surface area contributed by atoms with Crippen LogP contribution in [0.15, 0.2) is 42.6 Å². The van der Waals surface area contributed by atoms with Crippen LogP contribution in [-0.2, 0) is 13.1 Å². The third-order valence-corrected chi connectivity index (χ3v) is 5.93. The largest absolute Gasteiger partial charge is 0.332 e. The smallest absolute Gasteiger partial charge is 0.140 e. The molecule has 3 aromatic rings. The van der Waals surface area contributed by atoms with E-state index in [9.17, 15) is 5.26 Å². The first-order chi connectivity index (χ1) is 13.4. The van der Waals surface area contributed by atoms with E-state index in [0.29, 0.717) is 5.56 Å². The molecule has 144 valence electrons. The van der Waals surface area contributed by atoms with Crippen molar-refractivity contribution in [1.82, 2.24) is 14.3 Å². The standard InChI is InChI=1S/C23H26N4S/c1-23(2,3)15-27-14-17(13-25-28-18-8-9-18)20-10-11-21(26-22(20)27)19-7-5-4-6-16(19)12-24/h4-7,10-11,14,18,25H,8-9,13,15H2,1-3H3. The Balaban J connectivity index is 1.74. The van der Waals surface area contributed by atoms with Crippen LogP contribution in [0.4, 0.5) is 0 Å². The van der Waals surface area contributed by atoms with E-state index in [4.69, 9.17) is 4.98 Å². The fourth-order valence-electron chi connectivity index (χ4n) is 3.39. The molecule has 1 N–H and O–H groups in total. The normalized spacial score (nSPS) is 14.4. The fourth-order valence-corrected chi connectivity index (χ4v) is 4.23. The van der Waals surface area contributed by atoms with Crippen LogP contribution in [0.1, 0.15) is 44.7 Å². The van der Waals surface area contributed by atoms with Crippen LogP contribution in [0.2, 0.25) is 0 Å². The summed E-state index contributed by atoms with van der Waals surface area (Å²) in [6.45, 7) is 8.47. The third-order valence-electron chi connectivity index (χ3n) is 4.81. The molecule has 4 rings (SSSR count). The summed E-state index contributed by atoms with van der Waals surface area (Å²) in [6.07, 6.45) is 4.89. The van der Waals surface area contributed by atoms with Crippen LogP contribution in [0.25, 0.3) is 22.3 Å². The van der Waals surface area contributed by atoms with Gasteiger partial charge in [0, 0.05) is 35.5 Å². The van der Waals surface area contributed by atoms with Gasteiger partial charge < -0.3 is 4.57 Å². The second-order valence-electron chi connectivity index (χ2n) is 8.71. The van der Waals surface area contributed by atoms with Crippen molar-refractivity contribution in [3.05, 3.63) is 53.7 Å². The molecule has 28 heavy (non-hydrogen) atoms. The summed E-state index contributed by atoms with van der Waals surface area (Å²) in [5.74, 6) is 0. The molecule has 1 fully saturated rings. The van der Waals surface area contributed by atoms with Gasteiger partial charge in [-0.2, -0.15) is 5.26 Å². The fraction of sp³-hybridized carbons (Fsp3) is 0.391. The Morgan fingerprint density at radius 3 is 2.71 bits per heavy atom. The minimum absolute atomic E-state index is 0.154. The molecule has 5 heteroatoms. The zero-order valence-corrected chi connectivity index (χ0v) is 17.5.